The second kappa shape index (κ2) is 8.35. The van der Waals surface area contributed by atoms with E-state index in [9.17, 15) is 19.5 Å². The number of rotatable bonds is 6. The standard InChI is InChI=1S/C22H19NO5/c1-14-7-9-19-17(11-14)21(25)16(13-28-19)8-10-20(24)23-18(22(26)27)12-15-5-3-2-4-6-15/h2-11,13,18H,12H2,1H3,(H,23,24)(H,26,27)/b10-8+. The van der Waals surface area contributed by atoms with Crippen LogP contribution in [0.2, 0.25) is 0 Å². The van der Waals surface area contributed by atoms with Crippen molar-refractivity contribution in [2.75, 3.05) is 0 Å². The van der Waals surface area contributed by atoms with Crippen LogP contribution in [0.5, 0.6) is 0 Å². The first kappa shape index (κ1) is 19.1. The van der Waals surface area contributed by atoms with Crippen LogP contribution in [0.15, 0.2) is 70.1 Å². The van der Waals surface area contributed by atoms with Gasteiger partial charge in [-0.2, -0.15) is 0 Å². The summed E-state index contributed by atoms with van der Waals surface area (Å²) in [6.07, 6.45) is 3.90. The number of fused-ring (bicyclic) bond motifs is 1. The molecule has 0 spiro atoms. The molecular weight excluding hydrogens is 358 g/mol. The number of carbonyl (C=O) groups excluding carboxylic acids is 1. The van der Waals surface area contributed by atoms with Gasteiger partial charge in [-0.05, 0) is 30.7 Å². The summed E-state index contributed by atoms with van der Waals surface area (Å²) in [6, 6.07) is 13.2. The van der Waals surface area contributed by atoms with Crippen molar-refractivity contribution in [1.82, 2.24) is 5.32 Å². The minimum atomic E-state index is -1.13. The van der Waals surface area contributed by atoms with Crippen molar-refractivity contribution in [3.63, 3.8) is 0 Å². The van der Waals surface area contributed by atoms with Crippen molar-refractivity contribution in [1.29, 1.82) is 0 Å². The highest BCUT2D eigenvalue weighted by Gasteiger charge is 2.19. The van der Waals surface area contributed by atoms with Gasteiger partial charge >= 0.3 is 5.97 Å². The van der Waals surface area contributed by atoms with Gasteiger partial charge in [-0.25, -0.2) is 4.79 Å². The smallest absolute Gasteiger partial charge is 0.326 e. The van der Waals surface area contributed by atoms with Crippen LogP contribution in [0.1, 0.15) is 16.7 Å². The highest BCUT2D eigenvalue weighted by molar-refractivity contribution is 5.94. The Labute approximate surface area is 161 Å². The summed E-state index contributed by atoms with van der Waals surface area (Å²) >= 11 is 0. The van der Waals surface area contributed by atoms with Crippen LogP contribution >= 0.6 is 0 Å². The summed E-state index contributed by atoms with van der Waals surface area (Å²) in [5.41, 5.74) is 2.14. The second-order valence-corrected chi connectivity index (χ2v) is 6.44. The molecule has 1 atom stereocenters. The lowest BCUT2D eigenvalue weighted by Crippen LogP contribution is -2.41. The zero-order valence-corrected chi connectivity index (χ0v) is 15.2. The van der Waals surface area contributed by atoms with Gasteiger partial charge in [-0.1, -0.05) is 42.0 Å². The van der Waals surface area contributed by atoms with Crippen LogP contribution < -0.4 is 10.7 Å². The van der Waals surface area contributed by atoms with Gasteiger partial charge in [-0.3, -0.25) is 9.59 Å². The molecule has 28 heavy (non-hydrogen) atoms. The summed E-state index contributed by atoms with van der Waals surface area (Å²) < 4.78 is 5.43. The minimum absolute atomic E-state index is 0.160. The Bertz CT molecular complexity index is 1100. The highest BCUT2D eigenvalue weighted by Crippen LogP contribution is 2.14. The maximum absolute atomic E-state index is 12.5. The number of benzene rings is 2. The lowest BCUT2D eigenvalue weighted by atomic mass is 10.1. The molecule has 1 aromatic heterocycles. The summed E-state index contributed by atoms with van der Waals surface area (Å²) in [5.74, 6) is -1.74. The third kappa shape index (κ3) is 4.54. The number of aliphatic carboxylic acids is 1. The van der Waals surface area contributed by atoms with E-state index < -0.39 is 17.9 Å². The molecule has 0 bridgehead atoms. The quantitative estimate of drug-likeness (QED) is 0.644. The number of hydrogen-bond donors (Lipinski definition) is 2. The maximum atomic E-state index is 12.5. The van der Waals surface area contributed by atoms with E-state index in [0.29, 0.717) is 11.0 Å². The van der Waals surface area contributed by atoms with Crippen molar-refractivity contribution in [3.05, 3.63) is 87.8 Å². The average molecular weight is 377 g/mol. The van der Waals surface area contributed by atoms with E-state index >= 15 is 0 Å². The summed E-state index contributed by atoms with van der Waals surface area (Å²) in [6.45, 7) is 1.87. The fourth-order valence-electron chi connectivity index (χ4n) is 2.81. The van der Waals surface area contributed by atoms with Crippen LogP contribution in [0.4, 0.5) is 0 Å². The molecule has 3 aromatic rings. The molecule has 0 fully saturated rings. The van der Waals surface area contributed by atoms with Crippen LogP contribution in [-0.2, 0) is 16.0 Å². The predicted molar refractivity (Wildman–Crippen MR) is 106 cm³/mol. The van der Waals surface area contributed by atoms with Gasteiger partial charge in [0.05, 0.1) is 10.9 Å². The fraction of sp³-hybridized carbons (Fsp3) is 0.136. The molecule has 2 N–H and O–H groups in total. The maximum Gasteiger partial charge on any atom is 0.326 e. The summed E-state index contributed by atoms with van der Waals surface area (Å²) in [7, 11) is 0. The highest BCUT2D eigenvalue weighted by atomic mass is 16.4. The van der Waals surface area contributed by atoms with E-state index in [1.807, 2.05) is 19.1 Å². The zero-order valence-electron chi connectivity index (χ0n) is 15.2. The molecule has 2 aromatic carbocycles. The molecule has 6 heteroatoms. The first-order valence-corrected chi connectivity index (χ1v) is 8.71. The number of hydrogen-bond acceptors (Lipinski definition) is 4. The van der Waals surface area contributed by atoms with Crippen LogP contribution in [0.25, 0.3) is 17.0 Å². The van der Waals surface area contributed by atoms with Gasteiger partial charge in [0.2, 0.25) is 5.91 Å². The topological polar surface area (TPSA) is 96.6 Å². The number of carbonyl (C=O) groups is 2. The molecule has 0 saturated heterocycles. The van der Waals surface area contributed by atoms with E-state index in [4.69, 9.17) is 4.42 Å². The molecule has 6 nitrogen and oxygen atoms in total. The monoisotopic (exact) mass is 377 g/mol. The van der Waals surface area contributed by atoms with E-state index in [1.54, 1.807) is 36.4 Å². The lowest BCUT2D eigenvalue weighted by molar-refractivity contribution is -0.141. The first-order chi connectivity index (χ1) is 13.4. The van der Waals surface area contributed by atoms with Crippen molar-refractivity contribution in [3.8, 4) is 0 Å². The second-order valence-electron chi connectivity index (χ2n) is 6.44. The van der Waals surface area contributed by atoms with Crippen molar-refractivity contribution in [2.24, 2.45) is 0 Å². The Kier molecular flexibility index (Phi) is 5.69. The Morgan fingerprint density at radius 3 is 2.64 bits per heavy atom. The number of amides is 1. The Morgan fingerprint density at radius 1 is 1.18 bits per heavy atom. The predicted octanol–water partition coefficient (Wildman–Crippen LogP) is 2.93. The van der Waals surface area contributed by atoms with Crippen molar-refractivity contribution < 1.29 is 19.1 Å². The average Bonchev–Trinajstić information content (AvgIpc) is 2.68. The van der Waals surface area contributed by atoms with Gasteiger partial charge < -0.3 is 14.8 Å². The molecule has 0 aliphatic heterocycles. The third-order valence-electron chi connectivity index (χ3n) is 4.27. The molecule has 1 heterocycles. The van der Waals surface area contributed by atoms with Crippen LogP contribution in [0, 0.1) is 6.92 Å². The molecule has 0 radical (unpaired) electrons. The van der Waals surface area contributed by atoms with Gasteiger partial charge in [0, 0.05) is 12.5 Å². The van der Waals surface area contributed by atoms with E-state index in [2.05, 4.69) is 5.32 Å². The minimum Gasteiger partial charge on any atom is -0.480 e. The first-order valence-electron chi connectivity index (χ1n) is 8.71. The lowest BCUT2D eigenvalue weighted by Gasteiger charge is -2.13. The zero-order chi connectivity index (χ0) is 20.1. The number of carboxylic acid groups (broad SMARTS) is 1. The molecule has 0 aliphatic carbocycles. The summed E-state index contributed by atoms with van der Waals surface area (Å²) in [5, 5.41) is 12.2. The van der Waals surface area contributed by atoms with Crippen LogP contribution in [0.3, 0.4) is 0 Å². The van der Waals surface area contributed by atoms with Gasteiger partial charge in [0.25, 0.3) is 0 Å². The third-order valence-corrected chi connectivity index (χ3v) is 4.27. The van der Waals surface area contributed by atoms with E-state index in [-0.39, 0.29) is 17.4 Å². The summed E-state index contributed by atoms with van der Waals surface area (Å²) in [4.78, 5) is 36.1. The normalized spacial score (nSPS) is 12.2. The van der Waals surface area contributed by atoms with Crippen LogP contribution in [-0.4, -0.2) is 23.0 Å². The molecule has 1 amide bonds. The largest absolute Gasteiger partial charge is 0.480 e. The van der Waals surface area contributed by atoms with Crippen molar-refractivity contribution >= 4 is 28.9 Å². The Morgan fingerprint density at radius 2 is 1.93 bits per heavy atom. The Balaban J connectivity index is 1.75. The molecular formula is C22H19NO5. The SMILES string of the molecule is Cc1ccc2occ(/C=C/C(=O)NC(Cc3ccccc3)C(=O)O)c(=O)c2c1. The fourth-order valence-corrected chi connectivity index (χ4v) is 2.81. The van der Waals surface area contributed by atoms with Gasteiger partial charge in [0.1, 0.15) is 17.9 Å². The molecule has 3 rings (SSSR count). The molecule has 1 unspecified atom stereocenters. The molecule has 0 saturated carbocycles. The number of carboxylic acids is 1. The van der Waals surface area contributed by atoms with Crippen molar-refractivity contribution in [2.45, 2.75) is 19.4 Å². The number of aryl methyl sites for hydroxylation is 1. The molecule has 0 aliphatic rings. The number of nitrogens with one attached hydrogen (secondary N) is 1. The van der Waals surface area contributed by atoms with E-state index in [0.717, 1.165) is 17.2 Å². The van der Waals surface area contributed by atoms with Gasteiger partial charge in [-0.15, -0.1) is 0 Å². The Hall–Kier alpha value is -3.67. The molecule has 142 valence electrons. The van der Waals surface area contributed by atoms with E-state index in [1.165, 1.54) is 12.3 Å². The van der Waals surface area contributed by atoms with Gasteiger partial charge in [0.15, 0.2) is 5.43 Å².